The maximum Gasteiger partial charge on any atom is 0.223 e. The van der Waals surface area contributed by atoms with E-state index in [-0.39, 0.29) is 0 Å². The smallest absolute Gasteiger partial charge is 0.223 e. The summed E-state index contributed by atoms with van der Waals surface area (Å²) in [6, 6.07) is 7.27. The Hall–Kier alpha value is -1.81. The summed E-state index contributed by atoms with van der Waals surface area (Å²) >= 11 is 6.01. The van der Waals surface area contributed by atoms with Crippen LogP contribution in [-0.2, 0) is 0 Å². The number of hydrogen-bond donors (Lipinski definition) is 1. The Morgan fingerprint density at radius 1 is 1.33 bits per heavy atom. The van der Waals surface area contributed by atoms with Gasteiger partial charge in [-0.1, -0.05) is 11.6 Å². The molecule has 0 aliphatic heterocycles. The molecule has 0 spiro atoms. The predicted molar refractivity (Wildman–Crippen MR) is 73.2 cm³/mol. The van der Waals surface area contributed by atoms with E-state index in [2.05, 4.69) is 15.3 Å². The van der Waals surface area contributed by atoms with Crippen molar-refractivity contribution in [3.8, 4) is 17.0 Å². The van der Waals surface area contributed by atoms with Gasteiger partial charge in [0.1, 0.15) is 5.75 Å². The molecule has 0 aliphatic carbocycles. The Kier molecular flexibility index (Phi) is 3.99. The van der Waals surface area contributed by atoms with Crippen molar-refractivity contribution in [1.29, 1.82) is 0 Å². The summed E-state index contributed by atoms with van der Waals surface area (Å²) in [5.41, 5.74) is 1.63. The van der Waals surface area contributed by atoms with E-state index in [0.717, 1.165) is 23.6 Å². The second-order valence-electron chi connectivity index (χ2n) is 3.64. The van der Waals surface area contributed by atoms with E-state index in [1.54, 1.807) is 19.4 Å². The van der Waals surface area contributed by atoms with Gasteiger partial charge in [0.15, 0.2) is 0 Å². The van der Waals surface area contributed by atoms with E-state index >= 15 is 0 Å². The van der Waals surface area contributed by atoms with Crippen molar-refractivity contribution in [2.24, 2.45) is 0 Å². The van der Waals surface area contributed by atoms with Crippen molar-refractivity contribution in [2.75, 3.05) is 19.0 Å². The fourth-order valence-corrected chi connectivity index (χ4v) is 1.80. The van der Waals surface area contributed by atoms with Crippen molar-refractivity contribution in [3.63, 3.8) is 0 Å². The molecular weight excluding hydrogens is 250 g/mol. The summed E-state index contributed by atoms with van der Waals surface area (Å²) in [6.45, 7) is 2.77. The van der Waals surface area contributed by atoms with Gasteiger partial charge in [0.05, 0.1) is 12.8 Å². The zero-order chi connectivity index (χ0) is 13.0. The average Bonchev–Trinajstić information content (AvgIpc) is 2.39. The van der Waals surface area contributed by atoms with Gasteiger partial charge in [-0.3, -0.25) is 0 Å². The lowest BCUT2D eigenvalue weighted by molar-refractivity contribution is 0.416. The quantitative estimate of drug-likeness (QED) is 0.920. The van der Waals surface area contributed by atoms with Crippen LogP contribution in [0.4, 0.5) is 5.95 Å². The lowest BCUT2D eigenvalue weighted by Gasteiger charge is -2.09. The number of nitrogens with one attached hydrogen (secondary N) is 1. The molecule has 0 aliphatic rings. The highest BCUT2D eigenvalue weighted by Crippen LogP contribution is 2.31. The van der Waals surface area contributed by atoms with Gasteiger partial charge >= 0.3 is 0 Å². The van der Waals surface area contributed by atoms with E-state index < -0.39 is 0 Å². The molecular formula is C13H14ClN3O. The zero-order valence-electron chi connectivity index (χ0n) is 10.3. The molecule has 4 nitrogen and oxygen atoms in total. The summed E-state index contributed by atoms with van der Waals surface area (Å²) in [5, 5.41) is 3.72. The molecule has 0 amide bonds. The number of methoxy groups -OCH3 is 1. The highest BCUT2D eigenvalue weighted by molar-refractivity contribution is 6.30. The number of nitrogens with zero attached hydrogens (tertiary/aromatic N) is 2. The third-order valence-electron chi connectivity index (χ3n) is 2.43. The van der Waals surface area contributed by atoms with Gasteiger partial charge in [-0.2, -0.15) is 0 Å². The first kappa shape index (κ1) is 12.6. The van der Waals surface area contributed by atoms with E-state index in [1.165, 1.54) is 0 Å². The number of benzene rings is 1. The zero-order valence-corrected chi connectivity index (χ0v) is 11.0. The molecule has 1 N–H and O–H groups in total. The van der Waals surface area contributed by atoms with Crippen molar-refractivity contribution in [1.82, 2.24) is 9.97 Å². The molecule has 0 saturated heterocycles. The minimum Gasteiger partial charge on any atom is -0.496 e. The van der Waals surface area contributed by atoms with E-state index in [1.807, 2.05) is 25.1 Å². The maximum atomic E-state index is 6.01. The van der Waals surface area contributed by atoms with E-state index in [9.17, 15) is 0 Å². The third kappa shape index (κ3) is 2.71. The SMILES string of the molecule is CCNc1nccc(-c2cc(Cl)ccc2OC)n1. The molecule has 94 valence electrons. The monoisotopic (exact) mass is 263 g/mol. The second-order valence-corrected chi connectivity index (χ2v) is 4.08. The molecule has 0 fully saturated rings. The lowest BCUT2D eigenvalue weighted by atomic mass is 10.1. The molecule has 1 aromatic heterocycles. The molecule has 1 heterocycles. The van der Waals surface area contributed by atoms with Gasteiger partial charge in [-0.15, -0.1) is 0 Å². The van der Waals surface area contributed by atoms with E-state index in [4.69, 9.17) is 16.3 Å². The first-order chi connectivity index (χ1) is 8.74. The average molecular weight is 264 g/mol. The number of aromatic nitrogens is 2. The Morgan fingerprint density at radius 2 is 2.17 bits per heavy atom. The lowest BCUT2D eigenvalue weighted by Crippen LogP contribution is -2.02. The van der Waals surface area contributed by atoms with Crippen LogP contribution >= 0.6 is 11.6 Å². The highest BCUT2D eigenvalue weighted by Gasteiger charge is 2.09. The maximum absolute atomic E-state index is 6.01. The molecule has 2 aromatic rings. The molecule has 0 atom stereocenters. The molecule has 1 aromatic carbocycles. The molecule has 18 heavy (non-hydrogen) atoms. The summed E-state index contributed by atoms with van der Waals surface area (Å²) in [7, 11) is 1.62. The van der Waals surface area contributed by atoms with Gasteiger partial charge in [0, 0.05) is 23.3 Å². The van der Waals surface area contributed by atoms with Gasteiger partial charge in [-0.05, 0) is 31.2 Å². The number of anilines is 1. The van der Waals surface area contributed by atoms with Crippen molar-refractivity contribution in [2.45, 2.75) is 6.92 Å². The number of ether oxygens (including phenoxy) is 1. The third-order valence-corrected chi connectivity index (χ3v) is 2.66. The Labute approximate surface area is 111 Å². The van der Waals surface area contributed by atoms with Crippen LogP contribution in [0.1, 0.15) is 6.92 Å². The van der Waals surface area contributed by atoms with Gasteiger partial charge < -0.3 is 10.1 Å². The normalized spacial score (nSPS) is 10.2. The predicted octanol–water partition coefficient (Wildman–Crippen LogP) is 3.24. The van der Waals surface area contributed by atoms with Crippen LogP contribution in [0.5, 0.6) is 5.75 Å². The summed E-state index contributed by atoms with van der Waals surface area (Å²) in [5.74, 6) is 1.33. The van der Waals surface area contributed by atoms with Crippen molar-refractivity contribution in [3.05, 3.63) is 35.5 Å². The molecule has 0 saturated carbocycles. The van der Waals surface area contributed by atoms with Crippen LogP contribution in [0.2, 0.25) is 5.02 Å². The molecule has 0 radical (unpaired) electrons. The Morgan fingerprint density at radius 3 is 2.89 bits per heavy atom. The minimum atomic E-state index is 0.594. The van der Waals surface area contributed by atoms with Crippen LogP contribution in [0, 0.1) is 0 Å². The molecule has 0 bridgehead atoms. The van der Waals surface area contributed by atoms with Gasteiger partial charge in [0.25, 0.3) is 0 Å². The van der Waals surface area contributed by atoms with Crippen LogP contribution in [0.25, 0.3) is 11.3 Å². The van der Waals surface area contributed by atoms with Crippen molar-refractivity contribution < 1.29 is 4.74 Å². The highest BCUT2D eigenvalue weighted by atomic mass is 35.5. The summed E-state index contributed by atoms with van der Waals surface area (Å²) in [6.07, 6.45) is 1.71. The first-order valence-electron chi connectivity index (χ1n) is 5.65. The van der Waals surface area contributed by atoms with Crippen LogP contribution in [0.15, 0.2) is 30.5 Å². The Bertz CT molecular complexity index is 546. The molecule has 0 unspecified atom stereocenters. The second kappa shape index (κ2) is 5.69. The number of hydrogen-bond acceptors (Lipinski definition) is 4. The topological polar surface area (TPSA) is 47.0 Å². The largest absolute Gasteiger partial charge is 0.496 e. The van der Waals surface area contributed by atoms with Crippen LogP contribution in [0.3, 0.4) is 0 Å². The molecule has 2 rings (SSSR count). The van der Waals surface area contributed by atoms with Gasteiger partial charge in [0.2, 0.25) is 5.95 Å². The molecule has 5 heteroatoms. The first-order valence-corrected chi connectivity index (χ1v) is 6.03. The fraction of sp³-hybridized carbons (Fsp3) is 0.231. The number of rotatable bonds is 4. The summed E-state index contributed by atoms with van der Waals surface area (Å²) < 4.78 is 5.32. The van der Waals surface area contributed by atoms with E-state index in [0.29, 0.717) is 11.0 Å². The summed E-state index contributed by atoms with van der Waals surface area (Å²) in [4.78, 5) is 8.56. The van der Waals surface area contributed by atoms with Crippen molar-refractivity contribution >= 4 is 17.5 Å². The Balaban J connectivity index is 2.47. The van der Waals surface area contributed by atoms with Crippen LogP contribution in [-0.4, -0.2) is 23.6 Å². The fourth-order valence-electron chi connectivity index (χ4n) is 1.63. The standard InChI is InChI=1S/C13H14ClN3O/c1-3-15-13-16-7-6-11(17-13)10-8-9(14)4-5-12(10)18-2/h4-8H,3H2,1-2H3,(H,15,16,17). The number of halogens is 1. The van der Waals surface area contributed by atoms with Gasteiger partial charge in [-0.25, -0.2) is 9.97 Å². The van der Waals surface area contributed by atoms with Crippen LogP contribution < -0.4 is 10.1 Å². The minimum absolute atomic E-state index is 0.594.